The number of amides is 3. The third-order valence-electron chi connectivity index (χ3n) is 2.40. The average molecular weight is 259 g/mol. The first kappa shape index (κ1) is 14.0. The molecule has 1 rings (SSSR count). The van der Waals surface area contributed by atoms with Gasteiger partial charge in [-0.1, -0.05) is 6.92 Å². The molecule has 1 heterocycles. The molecule has 1 saturated heterocycles. The van der Waals surface area contributed by atoms with Crippen molar-refractivity contribution in [2.24, 2.45) is 0 Å². The van der Waals surface area contributed by atoms with Gasteiger partial charge >= 0.3 is 0 Å². The highest BCUT2D eigenvalue weighted by Crippen LogP contribution is 2.24. The molecule has 7 heteroatoms. The molecule has 0 saturated carbocycles. The van der Waals surface area contributed by atoms with Crippen molar-refractivity contribution in [3.05, 3.63) is 0 Å². The van der Waals surface area contributed by atoms with Crippen LogP contribution in [0.2, 0.25) is 0 Å². The van der Waals surface area contributed by atoms with E-state index in [1.165, 1.54) is 16.7 Å². The molecule has 17 heavy (non-hydrogen) atoms. The Kier molecular flexibility index (Phi) is 5.43. The maximum atomic E-state index is 11.8. The van der Waals surface area contributed by atoms with Gasteiger partial charge in [0, 0.05) is 26.4 Å². The number of imide groups is 1. The maximum Gasteiger partial charge on any atom is 0.242 e. The van der Waals surface area contributed by atoms with Crippen LogP contribution in [-0.2, 0) is 14.4 Å². The number of rotatable bonds is 6. The Morgan fingerprint density at radius 2 is 2.24 bits per heavy atom. The van der Waals surface area contributed by atoms with Crippen LogP contribution in [0.15, 0.2) is 0 Å². The second-order valence-corrected chi connectivity index (χ2v) is 5.06. The molecule has 6 nitrogen and oxygen atoms in total. The van der Waals surface area contributed by atoms with E-state index >= 15 is 0 Å². The van der Waals surface area contributed by atoms with Gasteiger partial charge in [-0.25, -0.2) is 5.43 Å². The largest absolute Gasteiger partial charge is 0.292 e. The third kappa shape index (κ3) is 3.71. The third-order valence-corrected chi connectivity index (χ3v) is 3.50. The van der Waals surface area contributed by atoms with Crippen molar-refractivity contribution in [1.29, 1.82) is 0 Å². The van der Waals surface area contributed by atoms with Crippen LogP contribution in [0.4, 0.5) is 0 Å². The van der Waals surface area contributed by atoms with Gasteiger partial charge in [-0.15, -0.1) is 11.8 Å². The van der Waals surface area contributed by atoms with E-state index in [9.17, 15) is 14.4 Å². The van der Waals surface area contributed by atoms with Gasteiger partial charge in [-0.05, 0) is 5.75 Å². The Hall–Kier alpha value is -1.08. The first-order valence-electron chi connectivity index (χ1n) is 5.51. The van der Waals surface area contributed by atoms with E-state index in [1.807, 2.05) is 6.92 Å². The zero-order valence-corrected chi connectivity index (χ0v) is 10.8. The molecule has 3 amide bonds. The monoisotopic (exact) mass is 259 g/mol. The Labute approximate surface area is 104 Å². The number of nitrogens with one attached hydrogen (secondary N) is 2. The molecule has 0 radical (unpaired) electrons. The highest BCUT2D eigenvalue weighted by molar-refractivity contribution is 8.00. The Morgan fingerprint density at radius 3 is 2.82 bits per heavy atom. The summed E-state index contributed by atoms with van der Waals surface area (Å²) in [6, 6.07) is 0. The summed E-state index contributed by atoms with van der Waals surface area (Å²) in [5.41, 5.74) is 4.89. The van der Waals surface area contributed by atoms with Crippen molar-refractivity contribution in [2.75, 3.05) is 19.3 Å². The van der Waals surface area contributed by atoms with Crippen LogP contribution in [0.1, 0.15) is 19.8 Å². The molecular weight excluding hydrogens is 242 g/mol. The van der Waals surface area contributed by atoms with E-state index in [0.717, 1.165) is 5.75 Å². The Morgan fingerprint density at radius 1 is 1.53 bits per heavy atom. The molecule has 0 aromatic carbocycles. The van der Waals surface area contributed by atoms with Crippen molar-refractivity contribution in [1.82, 2.24) is 15.8 Å². The highest BCUT2D eigenvalue weighted by atomic mass is 32.2. The number of hydrogen-bond acceptors (Lipinski definition) is 5. The summed E-state index contributed by atoms with van der Waals surface area (Å²) >= 11 is 1.47. The quantitative estimate of drug-likeness (QED) is 0.497. The van der Waals surface area contributed by atoms with E-state index in [0.29, 0.717) is 0 Å². The molecule has 0 spiro atoms. The minimum atomic E-state index is -0.264. The fraction of sp³-hybridized carbons (Fsp3) is 0.700. The molecule has 1 unspecified atom stereocenters. The van der Waals surface area contributed by atoms with Crippen molar-refractivity contribution < 1.29 is 14.4 Å². The predicted molar refractivity (Wildman–Crippen MR) is 65.1 cm³/mol. The molecule has 0 aromatic heterocycles. The first-order valence-corrected chi connectivity index (χ1v) is 6.56. The van der Waals surface area contributed by atoms with Gasteiger partial charge in [0.1, 0.15) is 0 Å². The van der Waals surface area contributed by atoms with Crippen molar-refractivity contribution in [3.8, 4) is 0 Å². The van der Waals surface area contributed by atoms with E-state index in [2.05, 4.69) is 10.9 Å². The number of hydrogen-bond donors (Lipinski definition) is 2. The van der Waals surface area contributed by atoms with Crippen LogP contribution in [0, 0.1) is 0 Å². The predicted octanol–water partition coefficient (Wildman–Crippen LogP) is -0.492. The van der Waals surface area contributed by atoms with Gasteiger partial charge in [-0.3, -0.25) is 24.7 Å². The minimum absolute atomic E-state index is 0.127. The lowest BCUT2D eigenvalue weighted by Gasteiger charge is -2.14. The van der Waals surface area contributed by atoms with Gasteiger partial charge in [0.25, 0.3) is 0 Å². The molecule has 0 bridgehead atoms. The molecule has 0 aliphatic carbocycles. The minimum Gasteiger partial charge on any atom is -0.292 e. The van der Waals surface area contributed by atoms with Crippen molar-refractivity contribution in [3.63, 3.8) is 0 Å². The lowest BCUT2D eigenvalue weighted by Crippen LogP contribution is -2.38. The number of hydrazine groups is 1. The van der Waals surface area contributed by atoms with Gasteiger partial charge in [0.15, 0.2) is 0 Å². The highest BCUT2D eigenvalue weighted by Gasteiger charge is 2.38. The summed E-state index contributed by atoms with van der Waals surface area (Å²) in [5, 5.41) is -0.264. The molecule has 1 aliphatic rings. The second-order valence-electron chi connectivity index (χ2n) is 3.58. The Balaban J connectivity index is 2.46. The zero-order chi connectivity index (χ0) is 12.8. The van der Waals surface area contributed by atoms with Crippen LogP contribution < -0.4 is 10.9 Å². The summed E-state index contributed by atoms with van der Waals surface area (Å²) in [6.45, 7) is 2.11. The van der Waals surface area contributed by atoms with Crippen molar-refractivity contribution >= 4 is 29.5 Å². The fourth-order valence-electron chi connectivity index (χ4n) is 1.63. The molecule has 1 atom stereocenters. The van der Waals surface area contributed by atoms with Crippen LogP contribution in [0.25, 0.3) is 0 Å². The summed E-state index contributed by atoms with van der Waals surface area (Å²) in [6.07, 6.45) is 0.382. The average Bonchev–Trinajstić information content (AvgIpc) is 2.53. The van der Waals surface area contributed by atoms with E-state index in [-0.39, 0.29) is 42.4 Å². The number of nitrogens with zero attached hydrogens (tertiary/aromatic N) is 1. The SMILES string of the molecule is CCSC1CC(=O)N(CCC(=O)NNC)C1=O. The van der Waals surface area contributed by atoms with Gasteiger partial charge in [-0.2, -0.15) is 0 Å². The molecule has 0 aromatic rings. The number of likely N-dealkylation sites (tertiary alicyclic amines) is 1. The summed E-state index contributed by atoms with van der Waals surface area (Å²) in [5.74, 6) is 0.217. The molecule has 96 valence electrons. The van der Waals surface area contributed by atoms with E-state index in [1.54, 1.807) is 7.05 Å². The van der Waals surface area contributed by atoms with E-state index < -0.39 is 0 Å². The first-order chi connectivity index (χ1) is 8.10. The Bertz CT molecular complexity index is 322. The number of carbonyl (C=O) groups is 3. The maximum absolute atomic E-state index is 11.8. The molecule has 1 fully saturated rings. The number of thioether (sulfide) groups is 1. The van der Waals surface area contributed by atoms with Gasteiger partial charge in [0.05, 0.1) is 5.25 Å². The number of carbonyl (C=O) groups excluding carboxylic acids is 3. The second kappa shape index (κ2) is 6.61. The van der Waals surface area contributed by atoms with Crippen LogP contribution >= 0.6 is 11.8 Å². The summed E-state index contributed by atoms with van der Waals surface area (Å²) in [4.78, 5) is 35.8. The van der Waals surface area contributed by atoms with Crippen molar-refractivity contribution in [2.45, 2.75) is 25.0 Å². The lowest BCUT2D eigenvalue weighted by molar-refractivity contribution is -0.138. The standard InChI is InChI=1S/C10H17N3O3S/c1-3-17-7-6-9(15)13(10(7)16)5-4-8(14)12-11-2/h7,11H,3-6H2,1-2H3,(H,12,14). The summed E-state index contributed by atoms with van der Waals surface area (Å²) in [7, 11) is 1.58. The topological polar surface area (TPSA) is 78.5 Å². The normalized spacial score (nSPS) is 19.9. The van der Waals surface area contributed by atoms with Crippen LogP contribution in [0.5, 0.6) is 0 Å². The molecule has 1 aliphatic heterocycles. The smallest absolute Gasteiger partial charge is 0.242 e. The van der Waals surface area contributed by atoms with E-state index in [4.69, 9.17) is 0 Å². The van der Waals surface area contributed by atoms with Crippen LogP contribution in [-0.4, -0.2) is 47.2 Å². The fourth-order valence-corrected chi connectivity index (χ4v) is 2.57. The van der Waals surface area contributed by atoms with Gasteiger partial charge < -0.3 is 0 Å². The lowest BCUT2D eigenvalue weighted by atomic mass is 10.3. The van der Waals surface area contributed by atoms with Gasteiger partial charge in [0.2, 0.25) is 17.7 Å². The zero-order valence-electron chi connectivity index (χ0n) is 9.99. The molecule has 2 N–H and O–H groups in total. The summed E-state index contributed by atoms with van der Waals surface area (Å²) < 4.78 is 0. The molecular formula is C10H17N3O3S. The van der Waals surface area contributed by atoms with Crippen LogP contribution in [0.3, 0.4) is 0 Å².